The molecular formula is C16H31N5O8. The summed E-state index contributed by atoms with van der Waals surface area (Å²) in [7, 11) is 0. The number of carboxylic acid groups (broad SMARTS) is 1. The standard InChI is InChI=1S/C16H31N5O8/c1-8(24)12(15(27)19-10(16(28)29)4-2-3-5-17)21-14(26)11(7-23)20-13(25)9(18)6-22/h8-12,22-24H,2-7,17-18H2,1H3,(H,19,27)(H,20,25)(H,21,26)(H,28,29). The van der Waals surface area contributed by atoms with Gasteiger partial charge in [-0.1, -0.05) is 0 Å². The van der Waals surface area contributed by atoms with Gasteiger partial charge in [0.25, 0.3) is 0 Å². The van der Waals surface area contributed by atoms with Crippen molar-refractivity contribution < 1.29 is 39.6 Å². The minimum Gasteiger partial charge on any atom is -0.480 e. The fourth-order valence-electron chi connectivity index (χ4n) is 2.23. The average molecular weight is 421 g/mol. The van der Waals surface area contributed by atoms with E-state index in [1.54, 1.807) is 0 Å². The summed E-state index contributed by atoms with van der Waals surface area (Å²) in [6.45, 7) is 0.0233. The highest BCUT2D eigenvalue weighted by Gasteiger charge is 2.32. The highest BCUT2D eigenvalue weighted by Crippen LogP contribution is 2.03. The van der Waals surface area contributed by atoms with Crippen molar-refractivity contribution >= 4 is 23.7 Å². The molecule has 0 rings (SSSR count). The van der Waals surface area contributed by atoms with Crippen molar-refractivity contribution in [1.29, 1.82) is 0 Å². The number of amides is 3. The molecule has 0 heterocycles. The zero-order valence-electron chi connectivity index (χ0n) is 16.2. The van der Waals surface area contributed by atoms with Gasteiger partial charge in [-0.2, -0.15) is 0 Å². The van der Waals surface area contributed by atoms with E-state index in [1.807, 2.05) is 0 Å². The van der Waals surface area contributed by atoms with Crippen molar-refractivity contribution in [1.82, 2.24) is 16.0 Å². The number of rotatable bonds is 14. The van der Waals surface area contributed by atoms with E-state index in [9.17, 15) is 34.5 Å². The highest BCUT2D eigenvalue weighted by molar-refractivity contribution is 5.94. The van der Waals surface area contributed by atoms with Crippen LogP contribution in [-0.4, -0.2) is 94.1 Å². The predicted molar refractivity (Wildman–Crippen MR) is 100 cm³/mol. The number of nitrogens with two attached hydrogens (primary N) is 2. The summed E-state index contributed by atoms with van der Waals surface area (Å²) >= 11 is 0. The van der Waals surface area contributed by atoms with Gasteiger partial charge in [0.1, 0.15) is 24.2 Å². The van der Waals surface area contributed by atoms with Crippen LogP contribution < -0.4 is 27.4 Å². The van der Waals surface area contributed by atoms with Crippen LogP contribution in [-0.2, 0) is 19.2 Å². The largest absolute Gasteiger partial charge is 0.480 e. The van der Waals surface area contributed by atoms with E-state index in [1.165, 1.54) is 6.92 Å². The monoisotopic (exact) mass is 421 g/mol. The van der Waals surface area contributed by atoms with E-state index >= 15 is 0 Å². The lowest BCUT2D eigenvalue weighted by Gasteiger charge is -2.25. The second-order valence-corrected chi connectivity index (χ2v) is 6.44. The first-order chi connectivity index (χ1) is 13.6. The number of carboxylic acids is 1. The maximum absolute atomic E-state index is 12.4. The van der Waals surface area contributed by atoms with Gasteiger partial charge in [0, 0.05) is 0 Å². The molecule has 0 aliphatic rings. The summed E-state index contributed by atoms with van der Waals surface area (Å²) < 4.78 is 0. The van der Waals surface area contributed by atoms with E-state index in [2.05, 4.69) is 16.0 Å². The highest BCUT2D eigenvalue weighted by atomic mass is 16.4. The average Bonchev–Trinajstić information content (AvgIpc) is 2.67. The van der Waals surface area contributed by atoms with Crippen LogP contribution in [0.25, 0.3) is 0 Å². The lowest BCUT2D eigenvalue weighted by atomic mass is 10.1. The van der Waals surface area contributed by atoms with Gasteiger partial charge in [-0.3, -0.25) is 14.4 Å². The normalized spacial score (nSPS) is 16.1. The molecule has 5 unspecified atom stereocenters. The van der Waals surface area contributed by atoms with Crippen molar-refractivity contribution in [2.24, 2.45) is 11.5 Å². The van der Waals surface area contributed by atoms with Crippen LogP contribution in [0, 0.1) is 0 Å². The van der Waals surface area contributed by atoms with Crippen LogP contribution in [0.3, 0.4) is 0 Å². The molecule has 29 heavy (non-hydrogen) atoms. The second-order valence-electron chi connectivity index (χ2n) is 6.44. The molecule has 5 atom stereocenters. The quantitative estimate of drug-likeness (QED) is 0.121. The SMILES string of the molecule is CC(O)C(NC(=O)C(CO)NC(=O)C(N)CO)C(=O)NC(CCCCN)C(=O)O. The fourth-order valence-corrected chi connectivity index (χ4v) is 2.23. The van der Waals surface area contributed by atoms with Crippen LogP contribution in [0.1, 0.15) is 26.2 Å². The summed E-state index contributed by atoms with van der Waals surface area (Å²) in [5.74, 6) is -4.17. The lowest BCUT2D eigenvalue weighted by molar-refractivity contribution is -0.143. The number of nitrogens with one attached hydrogen (secondary N) is 3. The molecule has 0 aliphatic carbocycles. The Labute approximate surface area is 167 Å². The topological polar surface area (TPSA) is 237 Å². The van der Waals surface area contributed by atoms with E-state index in [-0.39, 0.29) is 6.42 Å². The Morgan fingerprint density at radius 2 is 1.48 bits per heavy atom. The predicted octanol–water partition coefficient (Wildman–Crippen LogP) is -4.65. The molecule has 0 saturated carbocycles. The molecule has 0 bridgehead atoms. The molecule has 0 fully saturated rings. The minimum atomic E-state index is -1.55. The third kappa shape index (κ3) is 9.62. The van der Waals surface area contributed by atoms with Gasteiger partial charge < -0.3 is 47.8 Å². The minimum absolute atomic E-state index is 0.104. The van der Waals surface area contributed by atoms with Crippen LogP contribution in [0.2, 0.25) is 0 Å². The van der Waals surface area contributed by atoms with Gasteiger partial charge in [0.15, 0.2) is 0 Å². The van der Waals surface area contributed by atoms with Crippen molar-refractivity contribution in [3.05, 3.63) is 0 Å². The number of aliphatic hydroxyl groups is 3. The van der Waals surface area contributed by atoms with Crippen LogP contribution in [0.5, 0.6) is 0 Å². The first-order valence-electron chi connectivity index (χ1n) is 9.08. The molecule has 0 radical (unpaired) electrons. The maximum atomic E-state index is 12.4. The molecule has 0 aromatic rings. The van der Waals surface area contributed by atoms with Gasteiger partial charge in [0.2, 0.25) is 17.7 Å². The molecule has 0 aromatic heterocycles. The first-order valence-corrected chi connectivity index (χ1v) is 9.08. The molecule has 168 valence electrons. The Morgan fingerprint density at radius 3 is 1.93 bits per heavy atom. The summed E-state index contributed by atoms with van der Waals surface area (Å²) in [4.78, 5) is 47.6. The Morgan fingerprint density at radius 1 is 0.897 bits per heavy atom. The Bertz CT molecular complexity index is 559. The molecule has 13 heteroatoms. The van der Waals surface area contributed by atoms with Crippen LogP contribution >= 0.6 is 0 Å². The molecule has 0 spiro atoms. The van der Waals surface area contributed by atoms with Crippen molar-refractivity contribution in [2.45, 2.75) is 56.5 Å². The zero-order chi connectivity index (χ0) is 22.6. The van der Waals surface area contributed by atoms with E-state index < -0.39 is 67.2 Å². The molecular weight excluding hydrogens is 390 g/mol. The van der Waals surface area contributed by atoms with Crippen molar-refractivity contribution in [3.8, 4) is 0 Å². The third-order valence-corrected chi connectivity index (χ3v) is 3.97. The number of aliphatic hydroxyl groups excluding tert-OH is 3. The number of hydrogen-bond acceptors (Lipinski definition) is 9. The maximum Gasteiger partial charge on any atom is 0.326 e. The van der Waals surface area contributed by atoms with Gasteiger partial charge in [-0.15, -0.1) is 0 Å². The summed E-state index contributed by atoms with van der Waals surface area (Å²) in [5.41, 5.74) is 10.7. The summed E-state index contributed by atoms with van der Waals surface area (Å²) in [5, 5.41) is 43.6. The Hall–Kier alpha value is -2.32. The Balaban J connectivity index is 5.09. The molecule has 3 amide bonds. The van der Waals surface area contributed by atoms with E-state index in [4.69, 9.17) is 16.6 Å². The fraction of sp³-hybridized carbons (Fsp3) is 0.750. The Kier molecular flexibility index (Phi) is 12.7. The molecule has 11 N–H and O–H groups in total. The van der Waals surface area contributed by atoms with E-state index in [0.29, 0.717) is 19.4 Å². The number of aliphatic carboxylic acids is 1. The smallest absolute Gasteiger partial charge is 0.326 e. The van der Waals surface area contributed by atoms with Gasteiger partial charge in [0.05, 0.1) is 19.3 Å². The zero-order valence-corrected chi connectivity index (χ0v) is 16.2. The number of hydrogen-bond donors (Lipinski definition) is 9. The lowest BCUT2D eigenvalue weighted by Crippen LogP contribution is -2.60. The van der Waals surface area contributed by atoms with Gasteiger partial charge in [-0.05, 0) is 32.7 Å². The molecule has 0 aliphatic heterocycles. The number of carbonyl (C=O) groups excluding carboxylic acids is 3. The third-order valence-electron chi connectivity index (χ3n) is 3.97. The molecule has 0 aromatic carbocycles. The second kappa shape index (κ2) is 13.8. The van der Waals surface area contributed by atoms with Gasteiger partial charge in [-0.25, -0.2) is 4.79 Å². The number of carbonyl (C=O) groups is 4. The summed E-state index contributed by atoms with van der Waals surface area (Å²) in [6, 6.07) is -5.62. The van der Waals surface area contributed by atoms with Crippen molar-refractivity contribution in [2.75, 3.05) is 19.8 Å². The summed E-state index contributed by atoms with van der Waals surface area (Å²) in [6.07, 6.45) is -0.299. The van der Waals surface area contributed by atoms with E-state index in [0.717, 1.165) is 0 Å². The first kappa shape index (κ1) is 26.7. The molecule has 13 nitrogen and oxygen atoms in total. The van der Waals surface area contributed by atoms with Crippen LogP contribution in [0.15, 0.2) is 0 Å². The number of unbranched alkanes of at least 4 members (excludes halogenated alkanes) is 1. The molecule has 0 saturated heterocycles. The van der Waals surface area contributed by atoms with Crippen molar-refractivity contribution in [3.63, 3.8) is 0 Å². The van der Waals surface area contributed by atoms with Crippen LogP contribution in [0.4, 0.5) is 0 Å². The van der Waals surface area contributed by atoms with Gasteiger partial charge >= 0.3 is 5.97 Å².